The highest BCUT2D eigenvalue weighted by Gasteiger charge is 2.36. The Balaban J connectivity index is 0.00000169. The molecule has 0 N–H and O–H groups in total. The summed E-state index contributed by atoms with van der Waals surface area (Å²) < 4.78 is 0. The van der Waals surface area contributed by atoms with Gasteiger partial charge in [0.25, 0.3) is 0 Å². The van der Waals surface area contributed by atoms with Gasteiger partial charge in [0.15, 0.2) is 5.78 Å². The van der Waals surface area contributed by atoms with E-state index in [1.165, 1.54) is 23.1 Å². The molecule has 4 rings (SSSR count). The van der Waals surface area contributed by atoms with Crippen LogP contribution in [0.15, 0.2) is 42.5 Å². The highest BCUT2D eigenvalue weighted by molar-refractivity contribution is 6.11. The highest BCUT2D eigenvalue weighted by atomic mass is 35.5. The van der Waals surface area contributed by atoms with Gasteiger partial charge in [0.05, 0.1) is 0 Å². The van der Waals surface area contributed by atoms with Gasteiger partial charge in [-0.25, -0.2) is 0 Å². The normalized spacial score (nSPS) is 21.5. The lowest BCUT2D eigenvalue weighted by molar-refractivity contribution is 0.103. The monoisotopic (exact) mass is 341 g/mol. The molecule has 2 unspecified atom stereocenters. The van der Waals surface area contributed by atoms with E-state index in [9.17, 15) is 4.79 Å². The van der Waals surface area contributed by atoms with Crippen molar-refractivity contribution in [1.29, 1.82) is 0 Å². The molecule has 0 spiro atoms. The van der Waals surface area contributed by atoms with Gasteiger partial charge >= 0.3 is 0 Å². The van der Waals surface area contributed by atoms with Crippen LogP contribution in [-0.2, 0) is 12.8 Å². The number of rotatable bonds is 2. The molecule has 2 aromatic rings. The quantitative estimate of drug-likeness (QED) is 0.819. The zero-order valence-electron chi connectivity index (χ0n) is 14.3. The van der Waals surface area contributed by atoms with Gasteiger partial charge in [-0.2, -0.15) is 0 Å². The molecule has 0 radical (unpaired) electrons. The zero-order valence-corrected chi connectivity index (χ0v) is 15.1. The fourth-order valence-electron chi connectivity index (χ4n) is 4.50. The van der Waals surface area contributed by atoms with Crippen molar-refractivity contribution < 1.29 is 4.79 Å². The number of fused-ring (bicyclic) bond motifs is 1. The van der Waals surface area contributed by atoms with Crippen molar-refractivity contribution in [2.24, 2.45) is 5.92 Å². The van der Waals surface area contributed by atoms with Crippen molar-refractivity contribution in [3.8, 4) is 0 Å². The summed E-state index contributed by atoms with van der Waals surface area (Å²) in [4.78, 5) is 15.4. The van der Waals surface area contributed by atoms with Gasteiger partial charge in [-0.15, -0.1) is 12.4 Å². The average molecular weight is 342 g/mol. The second kappa shape index (κ2) is 6.70. The van der Waals surface area contributed by atoms with Crippen LogP contribution in [0.3, 0.4) is 0 Å². The summed E-state index contributed by atoms with van der Waals surface area (Å²) in [5.41, 5.74) is 5.80. The molecule has 24 heavy (non-hydrogen) atoms. The van der Waals surface area contributed by atoms with E-state index in [-0.39, 0.29) is 18.2 Å². The Kier molecular flexibility index (Phi) is 4.80. The Bertz CT molecular complexity index is 768. The van der Waals surface area contributed by atoms with E-state index in [1.807, 2.05) is 18.2 Å². The maximum absolute atomic E-state index is 13.1. The second-order valence-corrected chi connectivity index (χ2v) is 7.24. The van der Waals surface area contributed by atoms with Crippen LogP contribution >= 0.6 is 12.4 Å². The zero-order chi connectivity index (χ0) is 16.0. The van der Waals surface area contributed by atoms with Crippen LogP contribution in [0.2, 0.25) is 0 Å². The van der Waals surface area contributed by atoms with Crippen LogP contribution in [-0.4, -0.2) is 31.3 Å². The second-order valence-electron chi connectivity index (χ2n) is 7.24. The third-order valence-corrected chi connectivity index (χ3v) is 5.47. The molecule has 2 nitrogen and oxygen atoms in total. The molecule has 2 aromatic carbocycles. The van der Waals surface area contributed by atoms with Crippen molar-refractivity contribution in [2.45, 2.75) is 25.2 Å². The number of nitrogens with zero attached hydrogens (tertiary/aromatic N) is 1. The van der Waals surface area contributed by atoms with E-state index < -0.39 is 0 Å². The molecular formula is C21H24ClNO. The Morgan fingerprint density at radius 1 is 1.00 bits per heavy atom. The predicted molar refractivity (Wildman–Crippen MR) is 100 cm³/mol. The summed E-state index contributed by atoms with van der Waals surface area (Å²) in [6.45, 7) is 1.09. The van der Waals surface area contributed by atoms with E-state index in [0.717, 1.165) is 30.5 Å². The average Bonchev–Trinajstić information content (AvgIpc) is 2.67. The number of hydrogen-bond acceptors (Lipinski definition) is 2. The Morgan fingerprint density at radius 3 is 2.50 bits per heavy atom. The van der Waals surface area contributed by atoms with E-state index >= 15 is 0 Å². The molecule has 0 saturated carbocycles. The molecule has 0 aliphatic heterocycles. The Hall–Kier alpha value is -1.64. The van der Waals surface area contributed by atoms with Crippen LogP contribution in [0.5, 0.6) is 0 Å². The molecule has 126 valence electrons. The number of carbonyl (C=O) groups is 1. The van der Waals surface area contributed by atoms with Gasteiger partial charge in [0.1, 0.15) is 0 Å². The Labute approximate surface area is 150 Å². The summed E-state index contributed by atoms with van der Waals surface area (Å²) in [5, 5.41) is 0. The highest BCUT2D eigenvalue weighted by Crippen LogP contribution is 2.43. The fraction of sp³-hybridized carbons (Fsp3) is 0.381. The molecule has 0 amide bonds. The molecule has 3 heteroatoms. The van der Waals surface area contributed by atoms with Gasteiger partial charge in [-0.3, -0.25) is 4.79 Å². The van der Waals surface area contributed by atoms with Gasteiger partial charge in [-0.05, 0) is 61.9 Å². The van der Waals surface area contributed by atoms with Gasteiger partial charge in [0.2, 0.25) is 0 Å². The summed E-state index contributed by atoms with van der Waals surface area (Å²) >= 11 is 0. The molecule has 2 atom stereocenters. The minimum Gasteiger partial charge on any atom is -0.309 e. The lowest BCUT2D eigenvalue weighted by Gasteiger charge is -2.35. The van der Waals surface area contributed by atoms with Crippen LogP contribution in [0.25, 0.3) is 0 Å². The van der Waals surface area contributed by atoms with E-state index in [1.54, 1.807) is 0 Å². The van der Waals surface area contributed by atoms with Crippen LogP contribution < -0.4 is 0 Å². The number of benzene rings is 2. The van der Waals surface area contributed by atoms with E-state index in [0.29, 0.717) is 11.8 Å². The van der Waals surface area contributed by atoms with Crippen molar-refractivity contribution >= 4 is 18.2 Å². The molecule has 2 aliphatic carbocycles. The van der Waals surface area contributed by atoms with Crippen LogP contribution in [0, 0.1) is 5.92 Å². The van der Waals surface area contributed by atoms with Crippen LogP contribution in [0.1, 0.15) is 45.0 Å². The SMILES string of the molecule is CN(C)CC1CCc2cccc3c2C1Cc1ccccc1C3=O.Cl. The molecule has 0 bridgehead atoms. The first-order valence-corrected chi connectivity index (χ1v) is 8.54. The molecule has 0 heterocycles. The lowest BCUT2D eigenvalue weighted by atomic mass is 9.71. The van der Waals surface area contributed by atoms with Gasteiger partial charge < -0.3 is 4.90 Å². The smallest absolute Gasteiger partial charge is 0.193 e. The van der Waals surface area contributed by atoms with Crippen molar-refractivity contribution in [1.82, 2.24) is 4.90 Å². The molecule has 0 aromatic heterocycles. The molecule has 0 saturated heterocycles. The van der Waals surface area contributed by atoms with Crippen LogP contribution in [0.4, 0.5) is 0 Å². The first kappa shape index (κ1) is 17.2. The summed E-state index contributed by atoms with van der Waals surface area (Å²) in [6, 6.07) is 14.5. The van der Waals surface area contributed by atoms with Crippen molar-refractivity contribution in [3.63, 3.8) is 0 Å². The standard InChI is InChI=1S/C21H23NO.ClH/c1-22(2)13-16-11-10-14-7-5-9-18-20(14)19(16)12-15-6-3-4-8-17(15)21(18)23;/h3-9,16,19H,10-13H2,1-2H3;1H. The van der Waals surface area contributed by atoms with Crippen molar-refractivity contribution in [3.05, 3.63) is 70.3 Å². The third kappa shape index (κ3) is 2.78. The molecule has 0 fully saturated rings. The summed E-state index contributed by atoms with van der Waals surface area (Å²) in [7, 11) is 4.30. The predicted octanol–water partition coefficient (Wildman–Crippen LogP) is 4.10. The number of aryl methyl sites for hydroxylation is 1. The fourth-order valence-corrected chi connectivity index (χ4v) is 4.50. The third-order valence-electron chi connectivity index (χ3n) is 5.47. The number of carbonyl (C=O) groups excluding carboxylic acids is 1. The van der Waals surface area contributed by atoms with Gasteiger partial charge in [-0.1, -0.05) is 42.5 Å². The number of ketones is 1. The van der Waals surface area contributed by atoms with E-state index in [2.05, 4.69) is 43.3 Å². The summed E-state index contributed by atoms with van der Waals surface area (Å²) in [6.07, 6.45) is 3.31. The maximum Gasteiger partial charge on any atom is 0.193 e. The maximum atomic E-state index is 13.1. The minimum absolute atomic E-state index is 0. The minimum atomic E-state index is 0. The summed E-state index contributed by atoms with van der Waals surface area (Å²) in [5.74, 6) is 1.30. The Morgan fingerprint density at radius 2 is 1.71 bits per heavy atom. The lowest BCUT2D eigenvalue weighted by Crippen LogP contribution is -2.31. The van der Waals surface area contributed by atoms with Gasteiger partial charge in [0, 0.05) is 17.7 Å². The topological polar surface area (TPSA) is 20.3 Å². The molecule has 2 aliphatic rings. The first-order chi connectivity index (χ1) is 11.1. The number of halogens is 1. The molecular weight excluding hydrogens is 318 g/mol. The van der Waals surface area contributed by atoms with Crippen molar-refractivity contribution in [2.75, 3.05) is 20.6 Å². The number of hydrogen-bond donors (Lipinski definition) is 0. The van der Waals surface area contributed by atoms with E-state index in [4.69, 9.17) is 0 Å². The largest absolute Gasteiger partial charge is 0.309 e. The first-order valence-electron chi connectivity index (χ1n) is 8.54.